The Balaban J connectivity index is 0.000000657. The molecule has 0 spiro atoms. The molecule has 2 nitrogen and oxygen atoms in total. The predicted octanol–water partition coefficient (Wildman–Crippen LogP) is 6.37. The van der Waals surface area contributed by atoms with E-state index in [1.54, 1.807) is 0 Å². The van der Waals surface area contributed by atoms with Gasteiger partial charge < -0.3 is 40.5 Å². The summed E-state index contributed by atoms with van der Waals surface area (Å²) in [6.45, 7) is 4.28. The molecule has 0 heterocycles. The molecule has 0 saturated carbocycles. The Morgan fingerprint density at radius 1 is 0.562 bits per heavy atom. The summed E-state index contributed by atoms with van der Waals surface area (Å²) in [5.41, 5.74) is 2.78. The molecule has 0 bridgehead atoms. The summed E-state index contributed by atoms with van der Waals surface area (Å²) < 4.78 is 0. The van der Waals surface area contributed by atoms with Gasteiger partial charge in [0.25, 0.3) is 0 Å². The topological polar surface area (TPSA) is 24.1 Å². The largest absolute Gasteiger partial charge is 0.748 e. The van der Waals surface area contributed by atoms with Crippen LogP contribution in [0.3, 0.4) is 0 Å². The number of rotatable bonds is 11. The average molecular weight is 512 g/mol. The molecule has 4 aromatic carbocycles. The fourth-order valence-corrected chi connectivity index (χ4v) is 3.02. The number of unbranched alkanes of at least 4 members (excludes halogenated alkanes) is 3. The van der Waals surface area contributed by atoms with Gasteiger partial charge in [0.15, 0.2) is 0 Å². The van der Waals surface area contributed by atoms with Gasteiger partial charge in [-0.15, -0.1) is 5.56 Å². The van der Waals surface area contributed by atoms with Crippen molar-refractivity contribution in [2.75, 3.05) is 13.1 Å². The van der Waals surface area contributed by atoms with Crippen LogP contribution in [0.25, 0.3) is 0 Å². The van der Waals surface area contributed by atoms with Crippen LogP contribution in [-0.4, -0.2) is 13.1 Å². The van der Waals surface area contributed by atoms with Gasteiger partial charge in [-0.05, 0) is 32.5 Å². The van der Waals surface area contributed by atoms with Gasteiger partial charge >= 0.3 is 0 Å². The van der Waals surface area contributed by atoms with E-state index in [1.165, 1.54) is 36.8 Å². The third kappa shape index (κ3) is 17.0. The first-order chi connectivity index (χ1) is 14.9. The van der Waals surface area contributed by atoms with E-state index in [1.807, 2.05) is 60.7 Å². The normalized spacial score (nSPS) is 9.38. The molecule has 0 atom stereocenters. The molecule has 0 aliphatic heterocycles. The standard InChI is InChI=1S/C18H26N2.2C5H5.2Fe/c1(7-13-19-15-17-9-3-4-10-17)2-8-14-20-16-18-11-5-6-12-18;2*1-2-4-5-3-1;;/h3-6,9-12,19-20H,1-2,7-8,13-16H2;2*1-5H;;/q-6;2*-1;;. The third-order valence-electron chi connectivity index (χ3n) is 4.69. The van der Waals surface area contributed by atoms with Crippen LogP contribution in [0.2, 0.25) is 0 Å². The van der Waals surface area contributed by atoms with Crippen molar-refractivity contribution in [3.05, 3.63) is 120 Å². The SMILES string of the molecule is [Fe].[Fe].c1cc[c-](CNCCCCCCNC[c-]2[cH-][cH-][cH-][cH-]2)c1.c1cc[cH-]c1.c1cc[cH-]c1. The summed E-state index contributed by atoms with van der Waals surface area (Å²) in [7, 11) is 0. The van der Waals surface area contributed by atoms with Crippen LogP contribution in [0, 0.1) is 0 Å². The maximum atomic E-state index is 3.49. The predicted molar refractivity (Wildman–Crippen MR) is 130 cm³/mol. The molecule has 0 amide bonds. The maximum absolute atomic E-state index is 3.49. The van der Waals surface area contributed by atoms with Crippen LogP contribution < -0.4 is 10.6 Å². The fraction of sp³-hybridized carbons (Fsp3) is 0.286. The van der Waals surface area contributed by atoms with Crippen molar-refractivity contribution < 1.29 is 34.1 Å². The Hall–Kier alpha value is -1.64. The van der Waals surface area contributed by atoms with Crippen molar-refractivity contribution in [2.24, 2.45) is 0 Å². The van der Waals surface area contributed by atoms with Crippen molar-refractivity contribution in [3.8, 4) is 0 Å². The minimum Gasteiger partial charge on any atom is -0.748 e. The summed E-state index contributed by atoms with van der Waals surface area (Å²) in [6, 6.07) is 37.1. The zero-order valence-corrected chi connectivity index (χ0v) is 21.0. The average Bonchev–Trinajstić information content (AvgIpc) is 3.60. The molecule has 0 radical (unpaired) electrons. The van der Waals surface area contributed by atoms with Gasteiger partial charge in [-0.25, -0.2) is 36.4 Å². The second-order valence-electron chi connectivity index (χ2n) is 7.28. The van der Waals surface area contributed by atoms with Gasteiger partial charge in [0.05, 0.1) is 0 Å². The first-order valence-corrected chi connectivity index (χ1v) is 11.1. The summed E-state index contributed by atoms with van der Waals surface area (Å²) in [5, 5.41) is 6.99. The van der Waals surface area contributed by atoms with E-state index < -0.39 is 0 Å². The smallest absolute Gasteiger partial charge is 0 e. The Morgan fingerprint density at radius 3 is 1.47 bits per heavy atom. The van der Waals surface area contributed by atoms with Gasteiger partial charge in [-0.2, -0.15) is 55.1 Å². The van der Waals surface area contributed by atoms with E-state index >= 15 is 0 Å². The van der Waals surface area contributed by atoms with Crippen molar-refractivity contribution >= 4 is 0 Å². The molecule has 4 aromatic rings. The van der Waals surface area contributed by atoms with Crippen LogP contribution in [0.1, 0.15) is 36.8 Å². The van der Waals surface area contributed by atoms with Crippen molar-refractivity contribution in [3.63, 3.8) is 0 Å². The summed E-state index contributed by atoms with van der Waals surface area (Å²) in [4.78, 5) is 0. The maximum Gasteiger partial charge on any atom is 0 e. The molecule has 4 heteroatoms. The van der Waals surface area contributed by atoms with Crippen LogP contribution in [-0.2, 0) is 47.2 Å². The molecule has 0 aliphatic rings. The van der Waals surface area contributed by atoms with E-state index in [9.17, 15) is 0 Å². The molecule has 2 N–H and O–H groups in total. The van der Waals surface area contributed by atoms with Crippen LogP contribution in [0.5, 0.6) is 0 Å². The van der Waals surface area contributed by atoms with E-state index in [4.69, 9.17) is 0 Å². The minimum atomic E-state index is 0. The Labute approximate surface area is 216 Å². The van der Waals surface area contributed by atoms with Gasteiger partial charge in [-0.3, -0.25) is 0 Å². The first kappa shape index (κ1) is 30.4. The molecule has 0 aliphatic carbocycles. The summed E-state index contributed by atoms with van der Waals surface area (Å²) in [6.07, 6.45) is 5.21. The van der Waals surface area contributed by atoms with Gasteiger partial charge in [0, 0.05) is 34.1 Å². The summed E-state index contributed by atoms with van der Waals surface area (Å²) >= 11 is 0. The monoisotopic (exact) mass is 512 g/mol. The van der Waals surface area contributed by atoms with E-state index in [0.717, 1.165) is 26.2 Å². The fourth-order valence-electron chi connectivity index (χ4n) is 3.02. The van der Waals surface area contributed by atoms with E-state index in [-0.39, 0.29) is 34.1 Å². The molecule has 32 heavy (non-hydrogen) atoms. The van der Waals surface area contributed by atoms with Crippen molar-refractivity contribution in [1.29, 1.82) is 0 Å². The van der Waals surface area contributed by atoms with Crippen LogP contribution in [0.4, 0.5) is 0 Å². The molecule has 0 aromatic heterocycles. The van der Waals surface area contributed by atoms with E-state index in [2.05, 4.69) is 59.2 Å². The Morgan fingerprint density at radius 2 is 1.03 bits per heavy atom. The molecule has 182 valence electrons. The zero-order chi connectivity index (χ0) is 21.0. The number of hydrogen-bond acceptors (Lipinski definition) is 2. The van der Waals surface area contributed by atoms with Crippen LogP contribution in [0.15, 0.2) is 109 Å². The molecule has 0 saturated heterocycles. The molecular weight excluding hydrogens is 476 g/mol. The first-order valence-electron chi connectivity index (χ1n) is 11.1. The minimum absolute atomic E-state index is 0. The van der Waals surface area contributed by atoms with Crippen molar-refractivity contribution in [1.82, 2.24) is 10.6 Å². The molecule has 0 fully saturated rings. The second-order valence-corrected chi connectivity index (χ2v) is 7.28. The molecular formula is C28H36Fe2N2-8. The Bertz CT molecular complexity index is 655. The van der Waals surface area contributed by atoms with Gasteiger partial charge in [0.2, 0.25) is 0 Å². The number of hydrogen-bond donors (Lipinski definition) is 2. The number of nitrogens with one attached hydrogen (secondary N) is 2. The molecule has 0 unspecified atom stereocenters. The quantitative estimate of drug-likeness (QED) is 0.139. The van der Waals surface area contributed by atoms with Gasteiger partial charge in [-0.1, -0.05) is 12.8 Å². The summed E-state index contributed by atoms with van der Waals surface area (Å²) in [5.74, 6) is 0. The third-order valence-corrected chi connectivity index (χ3v) is 4.69. The van der Waals surface area contributed by atoms with E-state index in [0.29, 0.717) is 0 Å². The molecule has 4 rings (SSSR count). The van der Waals surface area contributed by atoms with Crippen LogP contribution >= 0.6 is 0 Å². The van der Waals surface area contributed by atoms with Crippen molar-refractivity contribution in [2.45, 2.75) is 38.8 Å². The second kappa shape index (κ2) is 22.5. The zero-order valence-electron chi connectivity index (χ0n) is 18.8. The van der Waals surface area contributed by atoms with Gasteiger partial charge in [0.1, 0.15) is 0 Å². The Kier molecular flexibility index (Phi) is 21.4.